The fourth-order valence-corrected chi connectivity index (χ4v) is 3.35. The van der Waals surface area contributed by atoms with Gasteiger partial charge >= 0.3 is 0 Å². The third-order valence-electron chi connectivity index (χ3n) is 4.30. The average Bonchev–Trinajstić information content (AvgIpc) is 2.37. The molecule has 3 nitrogen and oxygen atoms in total. The van der Waals surface area contributed by atoms with Gasteiger partial charge in [-0.1, -0.05) is 29.6 Å². The summed E-state index contributed by atoms with van der Waals surface area (Å²) < 4.78 is 0. The van der Waals surface area contributed by atoms with Gasteiger partial charge in [0.1, 0.15) is 0 Å². The molecule has 0 aromatic heterocycles. The molecule has 1 aliphatic heterocycles. The van der Waals surface area contributed by atoms with E-state index in [1.54, 1.807) is 6.07 Å². The minimum absolute atomic E-state index is 0.292. The van der Waals surface area contributed by atoms with Gasteiger partial charge in [0.05, 0.1) is 10.7 Å². The molecule has 1 aromatic rings. The topological polar surface area (TPSA) is 23.6 Å². The maximum atomic E-state index is 12.2. The highest BCUT2D eigenvalue weighted by Gasteiger charge is 2.31. The summed E-state index contributed by atoms with van der Waals surface area (Å²) in [5.74, 6) is 0.638. The minimum atomic E-state index is 0.292. The number of carbonyl (C=O) groups is 1. The van der Waals surface area contributed by atoms with E-state index in [0.29, 0.717) is 21.9 Å². The number of amides is 1. The van der Waals surface area contributed by atoms with Crippen molar-refractivity contribution in [3.8, 4) is 0 Å². The van der Waals surface area contributed by atoms with Crippen molar-refractivity contribution in [3.05, 3.63) is 28.2 Å². The summed E-state index contributed by atoms with van der Waals surface area (Å²) in [6.07, 6.45) is 3.35. The van der Waals surface area contributed by atoms with E-state index in [4.69, 9.17) is 23.2 Å². The Hall–Kier alpha value is -0.930. The number of piperazine rings is 1. The van der Waals surface area contributed by atoms with Gasteiger partial charge in [-0.2, -0.15) is 0 Å². The van der Waals surface area contributed by atoms with Gasteiger partial charge in [0.15, 0.2) is 0 Å². The SMILES string of the molecule is O=C(C1CCC1)N1CCN(c2ccc(Cl)cc2Cl)CC1. The third kappa shape index (κ3) is 2.75. The maximum absolute atomic E-state index is 12.2. The van der Waals surface area contributed by atoms with Crippen LogP contribution in [-0.4, -0.2) is 37.0 Å². The number of carbonyl (C=O) groups excluding carboxylic acids is 1. The van der Waals surface area contributed by atoms with Gasteiger partial charge in [0.25, 0.3) is 0 Å². The number of nitrogens with zero attached hydrogens (tertiary/aromatic N) is 2. The molecule has 108 valence electrons. The maximum Gasteiger partial charge on any atom is 0.225 e. The monoisotopic (exact) mass is 312 g/mol. The lowest BCUT2D eigenvalue weighted by Gasteiger charge is -2.39. The van der Waals surface area contributed by atoms with Gasteiger partial charge in [-0.05, 0) is 31.0 Å². The zero-order valence-electron chi connectivity index (χ0n) is 11.3. The van der Waals surface area contributed by atoms with Crippen molar-refractivity contribution in [2.45, 2.75) is 19.3 Å². The number of halogens is 2. The molecule has 1 amide bonds. The summed E-state index contributed by atoms with van der Waals surface area (Å²) in [6.45, 7) is 3.24. The highest BCUT2D eigenvalue weighted by Crippen LogP contribution is 2.31. The van der Waals surface area contributed by atoms with Crippen molar-refractivity contribution < 1.29 is 4.79 Å². The smallest absolute Gasteiger partial charge is 0.225 e. The lowest BCUT2D eigenvalue weighted by molar-refractivity contribution is -0.138. The van der Waals surface area contributed by atoms with E-state index in [2.05, 4.69) is 4.90 Å². The second-order valence-corrected chi connectivity index (χ2v) is 6.38. The quantitative estimate of drug-likeness (QED) is 0.835. The Bertz CT molecular complexity index is 509. The molecule has 0 radical (unpaired) electrons. The zero-order valence-corrected chi connectivity index (χ0v) is 12.8. The van der Waals surface area contributed by atoms with Crippen LogP contribution in [0.25, 0.3) is 0 Å². The van der Waals surface area contributed by atoms with Crippen LogP contribution >= 0.6 is 23.2 Å². The minimum Gasteiger partial charge on any atom is -0.367 e. The van der Waals surface area contributed by atoms with E-state index in [-0.39, 0.29) is 0 Å². The van der Waals surface area contributed by atoms with E-state index >= 15 is 0 Å². The molecule has 0 bridgehead atoms. The van der Waals surface area contributed by atoms with E-state index in [9.17, 15) is 4.79 Å². The molecule has 1 heterocycles. The van der Waals surface area contributed by atoms with Crippen LogP contribution < -0.4 is 4.90 Å². The van der Waals surface area contributed by atoms with Gasteiger partial charge in [-0.25, -0.2) is 0 Å². The number of rotatable bonds is 2. The van der Waals surface area contributed by atoms with E-state index < -0.39 is 0 Å². The van der Waals surface area contributed by atoms with Crippen molar-refractivity contribution in [1.82, 2.24) is 4.90 Å². The molecule has 1 saturated heterocycles. The van der Waals surface area contributed by atoms with Crippen LogP contribution in [0.2, 0.25) is 10.0 Å². The summed E-state index contributed by atoms with van der Waals surface area (Å²) in [6, 6.07) is 5.58. The molecular formula is C15H18Cl2N2O. The first-order chi connectivity index (χ1) is 9.65. The fraction of sp³-hybridized carbons (Fsp3) is 0.533. The average molecular weight is 313 g/mol. The van der Waals surface area contributed by atoms with Crippen molar-refractivity contribution >= 4 is 34.8 Å². The van der Waals surface area contributed by atoms with Crippen molar-refractivity contribution in [3.63, 3.8) is 0 Å². The Labute approximate surface area is 129 Å². The molecule has 1 aliphatic carbocycles. The van der Waals surface area contributed by atoms with Crippen molar-refractivity contribution in [2.24, 2.45) is 5.92 Å². The molecule has 2 fully saturated rings. The highest BCUT2D eigenvalue weighted by atomic mass is 35.5. The molecule has 0 spiro atoms. The van der Waals surface area contributed by atoms with E-state index in [0.717, 1.165) is 44.7 Å². The Morgan fingerprint density at radius 3 is 2.35 bits per heavy atom. The lowest BCUT2D eigenvalue weighted by Crippen LogP contribution is -2.51. The molecule has 2 aliphatic rings. The van der Waals surface area contributed by atoms with E-state index in [1.807, 2.05) is 17.0 Å². The summed E-state index contributed by atoms with van der Waals surface area (Å²) >= 11 is 12.2. The standard InChI is InChI=1S/C15H18Cl2N2O/c16-12-4-5-14(13(17)10-12)18-6-8-19(9-7-18)15(20)11-2-1-3-11/h4-5,10-11H,1-3,6-9H2. The lowest BCUT2D eigenvalue weighted by atomic mass is 9.84. The number of anilines is 1. The first-order valence-electron chi connectivity index (χ1n) is 7.14. The van der Waals surface area contributed by atoms with Gasteiger partial charge in [0.2, 0.25) is 5.91 Å². The zero-order chi connectivity index (χ0) is 14.1. The molecule has 1 saturated carbocycles. The Kier molecular flexibility index (Phi) is 4.08. The molecule has 20 heavy (non-hydrogen) atoms. The molecule has 0 unspecified atom stereocenters. The predicted molar refractivity (Wildman–Crippen MR) is 82.6 cm³/mol. The van der Waals surface area contributed by atoms with Gasteiger partial charge in [-0.3, -0.25) is 4.79 Å². The van der Waals surface area contributed by atoms with Crippen LogP contribution in [0.4, 0.5) is 5.69 Å². The summed E-state index contributed by atoms with van der Waals surface area (Å²) in [7, 11) is 0. The van der Waals surface area contributed by atoms with Crippen LogP contribution in [0, 0.1) is 5.92 Å². The first-order valence-corrected chi connectivity index (χ1v) is 7.89. The molecule has 0 N–H and O–H groups in total. The predicted octanol–water partition coefficient (Wildman–Crippen LogP) is 3.44. The third-order valence-corrected chi connectivity index (χ3v) is 4.83. The van der Waals surface area contributed by atoms with E-state index in [1.165, 1.54) is 6.42 Å². The van der Waals surface area contributed by atoms with Crippen molar-refractivity contribution in [1.29, 1.82) is 0 Å². The van der Waals surface area contributed by atoms with Crippen LogP contribution in [0.5, 0.6) is 0 Å². The second-order valence-electron chi connectivity index (χ2n) is 5.54. The number of hydrogen-bond donors (Lipinski definition) is 0. The van der Waals surface area contributed by atoms with Crippen LogP contribution in [0.15, 0.2) is 18.2 Å². The van der Waals surface area contributed by atoms with Gasteiger partial charge in [-0.15, -0.1) is 0 Å². The summed E-state index contributed by atoms with van der Waals surface area (Å²) in [5.41, 5.74) is 1.01. The van der Waals surface area contributed by atoms with Crippen LogP contribution in [-0.2, 0) is 4.79 Å². The molecule has 5 heteroatoms. The van der Waals surface area contributed by atoms with Crippen molar-refractivity contribution in [2.75, 3.05) is 31.1 Å². The largest absolute Gasteiger partial charge is 0.367 e. The fourth-order valence-electron chi connectivity index (χ4n) is 2.82. The highest BCUT2D eigenvalue weighted by molar-refractivity contribution is 6.36. The summed E-state index contributed by atoms with van der Waals surface area (Å²) in [5, 5.41) is 1.33. The molecule has 3 rings (SSSR count). The van der Waals surface area contributed by atoms with Gasteiger partial charge < -0.3 is 9.80 Å². The number of hydrogen-bond acceptors (Lipinski definition) is 2. The Morgan fingerprint density at radius 2 is 1.80 bits per heavy atom. The van der Waals surface area contributed by atoms with Gasteiger partial charge in [0, 0.05) is 37.1 Å². The molecule has 1 aromatic carbocycles. The molecular weight excluding hydrogens is 295 g/mol. The normalized spacial score (nSPS) is 19.9. The number of benzene rings is 1. The first kappa shape index (κ1) is 14.0. The Balaban J connectivity index is 1.61. The summed E-state index contributed by atoms with van der Waals surface area (Å²) in [4.78, 5) is 16.4. The Morgan fingerprint density at radius 1 is 1.10 bits per heavy atom. The molecule has 0 atom stereocenters. The second kappa shape index (κ2) is 5.82. The van der Waals surface area contributed by atoms with Crippen LogP contribution in [0.3, 0.4) is 0 Å². The van der Waals surface area contributed by atoms with Crippen LogP contribution in [0.1, 0.15) is 19.3 Å².